The Hall–Kier alpha value is -3.27. The van der Waals surface area contributed by atoms with Gasteiger partial charge >= 0.3 is 0 Å². The number of aryl methyl sites for hydroxylation is 1. The molecular weight excluding hydrogens is 482 g/mol. The molecule has 2 N–H and O–H groups in total. The van der Waals surface area contributed by atoms with Gasteiger partial charge in [-0.05, 0) is 37.0 Å². The average molecular weight is 512 g/mol. The number of hydrogen-bond donors (Lipinski definition) is 2. The van der Waals surface area contributed by atoms with Crippen LogP contribution in [0, 0.1) is 11.3 Å². The number of rotatable bonds is 7. The largest absolute Gasteiger partial charge is 0.347 e. The molecule has 0 unspecified atom stereocenters. The second-order valence-corrected chi connectivity index (χ2v) is 11.9. The van der Waals surface area contributed by atoms with Crippen LogP contribution in [-0.2, 0) is 30.0 Å². The van der Waals surface area contributed by atoms with Crippen molar-refractivity contribution in [2.45, 2.75) is 30.6 Å². The lowest BCUT2D eigenvalue weighted by atomic mass is 10.0. The number of sulfonamides is 1. The number of benzene rings is 1. The summed E-state index contributed by atoms with van der Waals surface area (Å²) in [7, 11) is -1.89. The van der Waals surface area contributed by atoms with Crippen LogP contribution in [0.1, 0.15) is 50.5 Å². The molecule has 1 saturated heterocycles. The summed E-state index contributed by atoms with van der Waals surface area (Å²) in [4.78, 5) is 27.9. The van der Waals surface area contributed by atoms with Gasteiger partial charge < -0.3 is 15.5 Å². The van der Waals surface area contributed by atoms with Crippen molar-refractivity contribution in [1.82, 2.24) is 29.6 Å². The van der Waals surface area contributed by atoms with Gasteiger partial charge in [-0.1, -0.05) is 12.1 Å². The number of nitrogens with one attached hydrogen (secondary N) is 2. The first kappa shape index (κ1) is 24.4. The van der Waals surface area contributed by atoms with Crippen molar-refractivity contribution in [1.29, 1.82) is 5.26 Å². The molecular formula is C24H29N7O4S. The zero-order chi connectivity index (χ0) is 25.5. The van der Waals surface area contributed by atoms with E-state index >= 15 is 0 Å². The van der Waals surface area contributed by atoms with E-state index in [2.05, 4.69) is 21.8 Å². The lowest BCUT2D eigenvalue weighted by molar-refractivity contribution is 0.0723. The summed E-state index contributed by atoms with van der Waals surface area (Å²) in [6.45, 7) is 2.92. The summed E-state index contributed by atoms with van der Waals surface area (Å²) >= 11 is 0. The molecule has 0 atom stereocenters. The van der Waals surface area contributed by atoms with Crippen LogP contribution in [0.15, 0.2) is 24.3 Å². The summed E-state index contributed by atoms with van der Waals surface area (Å²) in [6, 6.07) is 8.98. The Morgan fingerprint density at radius 2 is 1.89 bits per heavy atom. The van der Waals surface area contributed by atoms with Gasteiger partial charge in [-0.2, -0.15) is 14.7 Å². The van der Waals surface area contributed by atoms with E-state index in [4.69, 9.17) is 5.26 Å². The number of amides is 2. The van der Waals surface area contributed by atoms with Crippen molar-refractivity contribution in [3.8, 4) is 6.07 Å². The van der Waals surface area contributed by atoms with Crippen LogP contribution in [0.25, 0.3) is 0 Å². The molecule has 0 bridgehead atoms. The number of carbonyl (C=O) groups is 2. The molecule has 1 saturated carbocycles. The molecule has 3 aliphatic rings. The predicted molar refractivity (Wildman–Crippen MR) is 130 cm³/mol. The standard InChI is InChI=1S/C24H29N7O4S/c1-29-21-19(20(28-29)22(32)27-15-18-4-2-17(14-25)3-5-18)6-11-30(23(21)33)16-24(7-8-24)36(34,35)31-12-9-26-10-13-31/h2-5,26H,6-13,15-16H2,1H3,(H,27,32). The molecule has 2 aliphatic heterocycles. The molecule has 2 amide bonds. The second-order valence-electron chi connectivity index (χ2n) is 9.60. The fourth-order valence-corrected chi connectivity index (χ4v) is 7.16. The maximum absolute atomic E-state index is 13.4. The van der Waals surface area contributed by atoms with Crippen molar-refractivity contribution >= 4 is 21.8 Å². The zero-order valence-electron chi connectivity index (χ0n) is 20.2. The number of piperazine rings is 1. The van der Waals surface area contributed by atoms with Crippen LogP contribution in [0.5, 0.6) is 0 Å². The Kier molecular flexibility index (Phi) is 6.32. The van der Waals surface area contributed by atoms with Crippen molar-refractivity contribution in [2.24, 2.45) is 7.05 Å². The van der Waals surface area contributed by atoms with E-state index < -0.39 is 14.8 Å². The molecule has 190 valence electrons. The van der Waals surface area contributed by atoms with E-state index in [0.717, 1.165) is 5.56 Å². The molecule has 0 spiro atoms. The summed E-state index contributed by atoms with van der Waals surface area (Å²) in [5.41, 5.74) is 2.52. The molecule has 5 rings (SSSR count). The minimum absolute atomic E-state index is 0.156. The zero-order valence-corrected chi connectivity index (χ0v) is 21.0. The average Bonchev–Trinajstić information content (AvgIpc) is 3.61. The maximum atomic E-state index is 13.4. The molecule has 12 heteroatoms. The van der Waals surface area contributed by atoms with Gasteiger partial charge in [0.15, 0.2) is 5.69 Å². The van der Waals surface area contributed by atoms with Crippen molar-refractivity contribution in [3.63, 3.8) is 0 Å². The lowest BCUT2D eigenvalue weighted by Gasteiger charge is -2.35. The molecule has 11 nitrogen and oxygen atoms in total. The Balaban J connectivity index is 1.29. The summed E-state index contributed by atoms with van der Waals surface area (Å²) in [6.07, 6.45) is 1.52. The van der Waals surface area contributed by atoms with Gasteiger partial charge in [0.25, 0.3) is 11.8 Å². The molecule has 1 aromatic heterocycles. The third-order valence-electron chi connectivity index (χ3n) is 7.27. The molecule has 1 aromatic carbocycles. The van der Waals surface area contributed by atoms with Crippen LogP contribution in [0.4, 0.5) is 0 Å². The van der Waals surface area contributed by atoms with Gasteiger partial charge in [-0.25, -0.2) is 8.42 Å². The van der Waals surface area contributed by atoms with E-state index in [9.17, 15) is 18.0 Å². The first-order valence-corrected chi connectivity index (χ1v) is 13.5. The summed E-state index contributed by atoms with van der Waals surface area (Å²) in [5.74, 6) is -0.670. The second kappa shape index (κ2) is 9.31. The Labute approximate surface area is 210 Å². The fraction of sp³-hybridized carbons (Fsp3) is 0.500. The SMILES string of the molecule is Cn1nc(C(=O)NCc2ccc(C#N)cc2)c2c1C(=O)N(CC1(S(=O)(=O)N3CCNCC3)CC1)CC2. The van der Waals surface area contributed by atoms with Crippen molar-refractivity contribution in [3.05, 3.63) is 52.3 Å². The monoisotopic (exact) mass is 511 g/mol. The summed E-state index contributed by atoms with van der Waals surface area (Å²) < 4.78 is 28.8. The van der Waals surface area contributed by atoms with E-state index in [-0.39, 0.29) is 30.6 Å². The molecule has 3 heterocycles. The minimum Gasteiger partial charge on any atom is -0.347 e. The highest BCUT2D eigenvalue weighted by molar-refractivity contribution is 7.90. The van der Waals surface area contributed by atoms with Crippen LogP contribution in [-0.4, -0.2) is 83.2 Å². The van der Waals surface area contributed by atoms with E-state index in [1.54, 1.807) is 40.5 Å². The first-order chi connectivity index (χ1) is 17.3. The Morgan fingerprint density at radius 1 is 1.19 bits per heavy atom. The van der Waals surface area contributed by atoms with Crippen LogP contribution < -0.4 is 10.6 Å². The van der Waals surface area contributed by atoms with Gasteiger partial charge in [0.05, 0.1) is 11.6 Å². The van der Waals surface area contributed by atoms with Crippen LogP contribution >= 0.6 is 0 Å². The number of fused-ring (bicyclic) bond motifs is 1. The van der Waals surface area contributed by atoms with Gasteiger partial charge in [0.1, 0.15) is 10.4 Å². The van der Waals surface area contributed by atoms with Gasteiger partial charge in [-0.15, -0.1) is 0 Å². The topological polar surface area (TPSA) is 140 Å². The third kappa shape index (κ3) is 4.27. The van der Waals surface area contributed by atoms with Gasteiger partial charge in [0.2, 0.25) is 10.0 Å². The quantitative estimate of drug-likeness (QED) is 0.533. The number of hydrogen-bond acceptors (Lipinski definition) is 7. The van der Waals surface area contributed by atoms with E-state index in [1.165, 1.54) is 4.68 Å². The Morgan fingerprint density at radius 3 is 2.53 bits per heavy atom. The van der Waals surface area contributed by atoms with Crippen LogP contribution in [0.2, 0.25) is 0 Å². The highest BCUT2D eigenvalue weighted by atomic mass is 32.2. The molecule has 36 heavy (non-hydrogen) atoms. The van der Waals surface area contributed by atoms with E-state index in [0.29, 0.717) is 68.8 Å². The smallest absolute Gasteiger partial charge is 0.272 e. The fourth-order valence-electron chi connectivity index (χ4n) is 5.01. The van der Waals surface area contributed by atoms with Crippen molar-refractivity contribution < 1.29 is 18.0 Å². The number of nitrogens with zero attached hydrogens (tertiary/aromatic N) is 5. The van der Waals surface area contributed by atoms with Crippen molar-refractivity contribution in [2.75, 3.05) is 39.3 Å². The molecule has 1 aliphatic carbocycles. The maximum Gasteiger partial charge on any atom is 0.272 e. The van der Waals surface area contributed by atoms with Gasteiger partial charge in [-0.3, -0.25) is 14.3 Å². The number of aromatic nitrogens is 2. The highest BCUT2D eigenvalue weighted by Crippen LogP contribution is 2.46. The number of nitriles is 1. The normalized spacial score (nSPS) is 19.4. The Bertz CT molecular complexity index is 1330. The number of carbonyl (C=O) groups excluding carboxylic acids is 2. The minimum atomic E-state index is -3.51. The molecule has 2 aromatic rings. The summed E-state index contributed by atoms with van der Waals surface area (Å²) in [5, 5.41) is 19.3. The predicted octanol–water partition coefficient (Wildman–Crippen LogP) is -0.0123. The van der Waals surface area contributed by atoms with Crippen LogP contribution in [0.3, 0.4) is 0 Å². The third-order valence-corrected chi connectivity index (χ3v) is 9.94. The van der Waals surface area contributed by atoms with Gasteiger partial charge in [0, 0.05) is 58.4 Å². The lowest BCUT2D eigenvalue weighted by Crippen LogP contribution is -2.54. The molecule has 0 radical (unpaired) electrons. The van der Waals surface area contributed by atoms with E-state index in [1.807, 2.05) is 0 Å². The molecule has 2 fully saturated rings. The first-order valence-electron chi connectivity index (χ1n) is 12.1. The highest BCUT2D eigenvalue weighted by Gasteiger charge is 2.58.